The van der Waals surface area contributed by atoms with Crippen LogP contribution in [-0.4, -0.2) is 50.4 Å². The molecule has 2 atom stereocenters. The molecule has 6 heteroatoms. The predicted octanol–water partition coefficient (Wildman–Crippen LogP) is 4.25. The normalized spacial score (nSPS) is 26.3. The van der Waals surface area contributed by atoms with Crippen molar-refractivity contribution in [3.63, 3.8) is 0 Å². The molecule has 3 aliphatic rings. The number of aromatic amines is 1. The Morgan fingerprint density at radius 2 is 2.06 bits per heavy atom. The molecule has 0 saturated carbocycles. The minimum atomic E-state index is -0.923. The molecule has 1 aromatic carbocycles. The number of ketones is 1. The molecule has 0 fully saturated rings. The molecule has 6 nitrogen and oxygen atoms in total. The van der Waals surface area contributed by atoms with Gasteiger partial charge in [-0.3, -0.25) is 4.79 Å². The van der Waals surface area contributed by atoms with E-state index < -0.39 is 11.2 Å². The Bertz CT molecular complexity index is 1340. The van der Waals surface area contributed by atoms with Gasteiger partial charge in [0, 0.05) is 12.8 Å². The number of fused-ring (bicyclic) bond motifs is 2. The number of H-pyrrole nitrogens is 1. The van der Waals surface area contributed by atoms with E-state index in [0.717, 1.165) is 41.5 Å². The summed E-state index contributed by atoms with van der Waals surface area (Å²) in [4.78, 5) is 20.1. The van der Waals surface area contributed by atoms with Gasteiger partial charge in [-0.25, -0.2) is 4.98 Å². The lowest BCUT2D eigenvalue weighted by molar-refractivity contribution is -0.109. The van der Waals surface area contributed by atoms with Crippen LogP contribution in [0.5, 0.6) is 0 Å². The first-order chi connectivity index (χ1) is 17.2. The van der Waals surface area contributed by atoms with Gasteiger partial charge in [0.15, 0.2) is 5.82 Å². The van der Waals surface area contributed by atoms with Crippen LogP contribution in [0.15, 0.2) is 48.7 Å². The van der Waals surface area contributed by atoms with Crippen LogP contribution in [-0.2, 0) is 11.2 Å². The van der Waals surface area contributed by atoms with E-state index in [4.69, 9.17) is 11.2 Å². The van der Waals surface area contributed by atoms with E-state index in [1.807, 2.05) is 30.4 Å². The standard InChI is InChI=1S/C30H32N2O4/c1-4-24-17-31-27(32-24)26(35)14-22-6-5-21(13-25(22)20-7-9-28(2,3)10-8-20)23-15-29(18-33)11-12-30(16-23,19-34)36-29/h1,5-7,11-13,15,17,33-34H,8-10,14,16,18-19H2,2-3H3,(H,31,32)/t29-,30+/m1/s1. The Morgan fingerprint density at radius 3 is 2.72 bits per heavy atom. The van der Waals surface area contributed by atoms with E-state index >= 15 is 0 Å². The van der Waals surface area contributed by atoms with Crippen molar-refractivity contribution in [1.82, 2.24) is 9.97 Å². The number of terminal acetylenes is 1. The first kappa shape index (κ1) is 24.5. The quantitative estimate of drug-likeness (QED) is 0.310. The summed E-state index contributed by atoms with van der Waals surface area (Å²) in [6.07, 6.45) is 18.6. The summed E-state index contributed by atoms with van der Waals surface area (Å²) in [7, 11) is 0. The molecule has 2 aromatic rings. The van der Waals surface area contributed by atoms with E-state index in [9.17, 15) is 15.0 Å². The van der Waals surface area contributed by atoms with Crippen LogP contribution in [0.4, 0.5) is 0 Å². The van der Waals surface area contributed by atoms with Crippen molar-refractivity contribution in [2.45, 2.75) is 57.2 Å². The summed E-state index contributed by atoms with van der Waals surface area (Å²) in [5.74, 6) is 2.62. The number of imidazole rings is 1. The summed E-state index contributed by atoms with van der Waals surface area (Å²) in [6, 6.07) is 6.17. The summed E-state index contributed by atoms with van der Waals surface area (Å²) in [6.45, 7) is 4.20. The van der Waals surface area contributed by atoms with Crippen molar-refractivity contribution in [3.05, 3.63) is 76.9 Å². The number of nitrogens with one attached hydrogen (secondary N) is 1. The number of hydrogen-bond acceptors (Lipinski definition) is 5. The maximum atomic E-state index is 13.1. The van der Waals surface area contributed by atoms with Gasteiger partial charge in [0.2, 0.25) is 5.78 Å². The molecule has 0 amide bonds. The number of rotatable bonds is 7. The Morgan fingerprint density at radius 1 is 1.22 bits per heavy atom. The van der Waals surface area contributed by atoms with E-state index in [2.05, 4.69) is 41.9 Å². The molecule has 36 heavy (non-hydrogen) atoms. The topological polar surface area (TPSA) is 95.4 Å². The number of aromatic nitrogens is 2. The average Bonchev–Trinajstić information content (AvgIpc) is 3.47. The smallest absolute Gasteiger partial charge is 0.202 e. The molecular formula is C30H32N2O4. The average molecular weight is 485 g/mol. The van der Waals surface area contributed by atoms with Crippen molar-refractivity contribution in [2.24, 2.45) is 5.41 Å². The Labute approximate surface area is 211 Å². The van der Waals surface area contributed by atoms with Crippen molar-refractivity contribution in [1.29, 1.82) is 0 Å². The highest BCUT2D eigenvalue weighted by Gasteiger charge is 2.47. The highest BCUT2D eigenvalue weighted by atomic mass is 16.5. The molecule has 186 valence electrons. The second-order valence-electron chi connectivity index (χ2n) is 11.0. The molecule has 3 N–H and O–H groups in total. The van der Waals surface area contributed by atoms with Crippen LogP contribution in [0.3, 0.4) is 0 Å². The molecule has 3 heterocycles. The number of nitrogens with zero attached hydrogens (tertiary/aromatic N) is 1. The number of carbonyl (C=O) groups excluding carboxylic acids is 1. The highest BCUT2D eigenvalue weighted by Crippen LogP contribution is 2.46. The molecular weight excluding hydrogens is 452 g/mol. The zero-order valence-corrected chi connectivity index (χ0v) is 20.8. The first-order valence-electron chi connectivity index (χ1n) is 12.4. The van der Waals surface area contributed by atoms with Crippen LogP contribution >= 0.6 is 0 Å². The lowest BCUT2D eigenvalue weighted by atomic mass is 9.75. The van der Waals surface area contributed by atoms with Crippen LogP contribution in [0, 0.1) is 17.8 Å². The van der Waals surface area contributed by atoms with Gasteiger partial charge in [0.05, 0.1) is 19.4 Å². The summed E-state index contributed by atoms with van der Waals surface area (Å²) < 4.78 is 6.06. The zero-order valence-electron chi connectivity index (χ0n) is 20.8. The molecule has 0 unspecified atom stereocenters. The largest absolute Gasteiger partial charge is 0.393 e. The van der Waals surface area contributed by atoms with Gasteiger partial charge in [0.25, 0.3) is 0 Å². The molecule has 0 spiro atoms. The number of benzene rings is 1. The fourth-order valence-corrected chi connectivity index (χ4v) is 5.38. The SMILES string of the molecule is C#Cc1cnc(C(=O)Cc2ccc(C3=C[C@@]4(CO)C=C[C@@](CO)(C3)O4)cc2C2=CCC(C)(C)CC2)[nH]1. The molecule has 0 radical (unpaired) electrons. The number of ether oxygens (including phenoxy) is 1. The van der Waals surface area contributed by atoms with Crippen molar-refractivity contribution < 1.29 is 19.7 Å². The van der Waals surface area contributed by atoms with Crippen molar-refractivity contribution >= 4 is 16.9 Å². The van der Waals surface area contributed by atoms with Crippen molar-refractivity contribution in [2.75, 3.05) is 13.2 Å². The number of Topliss-reactive ketones (excluding diaryl/α,β-unsaturated/α-hetero) is 1. The van der Waals surface area contributed by atoms with Crippen LogP contribution < -0.4 is 0 Å². The maximum Gasteiger partial charge on any atom is 0.202 e. The van der Waals surface area contributed by atoms with Gasteiger partial charge in [-0.05, 0) is 70.7 Å². The monoisotopic (exact) mass is 484 g/mol. The maximum absolute atomic E-state index is 13.1. The Balaban J connectivity index is 1.53. The van der Waals surface area contributed by atoms with Gasteiger partial charge in [-0.2, -0.15) is 0 Å². The van der Waals surface area contributed by atoms with Gasteiger partial charge >= 0.3 is 0 Å². The lowest BCUT2D eigenvalue weighted by Gasteiger charge is -2.38. The fourth-order valence-electron chi connectivity index (χ4n) is 5.38. The second kappa shape index (κ2) is 9.01. The van der Waals surface area contributed by atoms with E-state index in [1.54, 1.807) is 0 Å². The third kappa shape index (κ3) is 4.51. The number of aliphatic hydroxyl groups excluding tert-OH is 2. The van der Waals surface area contributed by atoms with E-state index in [0.29, 0.717) is 12.1 Å². The van der Waals surface area contributed by atoms with Crippen LogP contribution in [0.2, 0.25) is 0 Å². The van der Waals surface area contributed by atoms with Gasteiger partial charge in [0.1, 0.15) is 16.9 Å². The predicted molar refractivity (Wildman–Crippen MR) is 139 cm³/mol. The molecule has 1 aromatic heterocycles. The minimum absolute atomic E-state index is 0.117. The second-order valence-corrected chi connectivity index (χ2v) is 11.0. The molecule has 5 rings (SSSR count). The highest BCUT2D eigenvalue weighted by molar-refractivity contribution is 5.95. The summed E-state index contributed by atoms with van der Waals surface area (Å²) >= 11 is 0. The number of carbonyl (C=O) groups is 1. The van der Waals surface area contributed by atoms with Gasteiger partial charge in [-0.15, -0.1) is 6.42 Å². The van der Waals surface area contributed by atoms with E-state index in [-0.39, 0.29) is 36.7 Å². The zero-order chi connectivity index (χ0) is 25.6. The third-order valence-electron chi connectivity index (χ3n) is 7.63. The van der Waals surface area contributed by atoms with Crippen molar-refractivity contribution in [3.8, 4) is 12.3 Å². The molecule has 0 saturated heterocycles. The number of allylic oxidation sites excluding steroid dienone is 2. The third-order valence-corrected chi connectivity index (χ3v) is 7.63. The Hall–Kier alpha value is -3.24. The first-order valence-corrected chi connectivity index (χ1v) is 12.4. The number of aliphatic hydroxyl groups is 2. The Kier molecular flexibility index (Phi) is 6.12. The van der Waals surface area contributed by atoms with E-state index in [1.165, 1.54) is 11.8 Å². The number of hydrogen-bond donors (Lipinski definition) is 3. The summed E-state index contributed by atoms with van der Waals surface area (Å²) in [5, 5.41) is 20.1. The molecule has 1 aliphatic carbocycles. The fraction of sp³-hybridized carbons (Fsp3) is 0.400. The minimum Gasteiger partial charge on any atom is -0.393 e. The van der Waals surface area contributed by atoms with Crippen LogP contribution in [0.25, 0.3) is 11.1 Å². The lowest BCUT2D eigenvalue weighted by Crippen LogP contribution is -2.44. The van der Waals surface area contributed by atoms with Crippen LogP contribution in [0.1, 0.15) is 72.5 Å². The summed E-state index contributed by atoms with van der Waals surface area (Å²) in [5.41, 5.74) is 4.24. The molecule has 2 aliphatic heterocycles. The van der Waals surface area contributed by atoms with Gasteiger partial charge in [-0.1, -0.05) is 44.1 Å². The molecule has 2 bridgehead atoms. The van der Waals surface area contributed by atoms with Gasteiger partial charge < -0.3 is 19.9 Å².